The van der Waals surface area contributed by atoms with Crippen molar-refractivity contribution in [3.05, 3.63) is 60.2 Å². The average molecular weight is 382 g/mol. The second kappa shape index (κ2) is 9.64. The fraction of sp³-hybridized carbons (Fsp3) is 0.333. The normalized spacial score (nSPS) is 14.7. The number of anilines is 1. The average Bonchev–Trinajstić information content (AvgIpc) is 2.74. The Morgan fingerprint density at radius 3 is 2.36 bits per heavy atom. The number of methoxy groups -OCH3 is 1. The van der Waals surface area contributed by atoms with E-state index in [0.717, 1.165) is 30.1 Å². The third kappa shape index (κ3) is 5.39. The minimum atomic E-state index is -0.0992. The van der Waals surface area contributed by atoms with Crippen LogP contribution in [0.15, 0.2) is 59.8 Å². The zero-order valence-corrected chi connectivity index (χ0v) is 16.1. The molecule has 1 aliphatic rings. The number of hydrogen-bond acceptors (Lipinski definition) is 5. The molecule has 2 aromatic rings. The van der Waals surface area contributed by atoms with Crippen LogP contribution in [0.3, 0.4) is 0 Å². The molecule has 0 atom stereocenters. The van der Waals surface area contributed by atoms with Crippen molar-refractivity contribution in [1.29, 1.82) is 0 Å². The summed E-state index contributed by atoms with van der Waals surface area (Å²) in [5, 5.41) is 3.86. The van der Waals surface area contributed by atoms with Crippen LogP contribution in [0.5, 0.6) is 5.75 Å². The van der Waals surface area contributed by atoms with Crippen molar-refractivity contribution < 1.29 is 14.4 Å². The number of benzene rings is 2. The monoisotopic (exact) mass is 382 g/mol. The summed E-state index contributed by atoms with van der Waals surface area (Å²) in [5.74, 6) is 1.11. The van der Waals surface area contributed by atoms with Crippen molar-refractivity contribution in [3.8, 4) is 5.75 Å². The Balaban J connectivity index is 1.41. The number of rotatable bonds is 7. The smallest absolute Gasteiger partial charge is 0.263 e. The predicted molar refractivity (Wildman–Crippen MR) is 110 cm³/mol. The summed E-state index contributed by atoms with van der Waals surface area (Å²) >= 11 is 0. The highest BCUT2D eigenvalue weighted by atomic mass is 16.6. The van der Waals surface area contributed by atoms with Gasteiger partial charge in [-0.05, 0) is 29.8 Å². The number of hydrogen-bond donors (Lipinski definition) is 1. The number of piperazine rings is 1. The minimum Gasteiger partial charge on any atom is -0.497 e. The Morgan fingerprint density at radius 2 is 1.71 bits per heavy atom. The predicted octanol–water partition coefficient (Wildman–Crippen LogP) is 1.88. The van der Waals surface area contributed by atoms with E-state index in [2.05, 4.69) is 10.1 Å². The van der Waals surface area contributed by atoms with Gasteiger partial charge in [-0.2, -0.15) is 0 Å². The number of nitrogens with zero attached hydrogens (tertiary/aromatic N) is 3. The molecule has 2 aromatic carbocycles. The van der Waals surface area contributed by atoms with Gasteiger partial charge in [0, 0.05) is 38.3 Å². The maximum absolute atomic E-state index is 12.3. The molecule has 0 aromatic heterocycles. The Labute approximate surface area is 165 Å². The third-order valence-corrected chi connectivity index (χ3v) is 4.67. The highest BCUT2D eigenvalue weighted by Gasteiger charge is 2.21. The summed E-state index contributed by atoms with van der Waals surface area (Å²) in [6.45, 7) is 2.75. The van der Waals surface area contributed by atoms with E-state index < -0.39 is 0 Å². The maximum atomic E-state index is 12.3. The molecule has 1 amide bonds. The molecule has 28 heavy (non-hydrogen) atoms. The zero-order chi connectivity index (χ0) is 19.8. The second-order valence-electron chi connectivity index (χ2n) is 6.58. The topological polar surface area (TPSA) is 80.4 Å². The fourth-order valence-electron chi connectivity index (χ4n) is 3.11. The standard InChI is InChI=1S/C21H26N4O3/c1-27-19-9-7-18(8-10-19)24-11-13-25(14-12-24)21(26)16-28-23-20(22)15-17-5-3-2-4-6-17/h2-10H,11-16H2,1H3,(H2,22,23). The third-order valence-electron chi connectivity index (χ3n) is 4.67. The molecule has 2 N–H and O–H groups in total. The van der Waals surface area contributed by atoms with Gasteiger partial charge in [-0.25, -0.2) is 0 Å². The lowest BCUT2D eigenvalue weighted by atomic mass is 10.1. The number of amidine groups is 1. The number of oxime groups is 1. The molecule has 7 nitrogen and oxygen atoms in total. The first-order chi connectivity index (χ1) is 13.7. The lowest BCUT2D eigenvalue weighted by molar-refractivity contribution is -0.136. The first kappa shape index (κ1) is 19.5. The van der Waals surface area contributed by atoms with Crippen LogP contribution in [0.2, 0.25) is 0 Å². The van der Waals surface area contributed by atoms with Gasteiger partial charge in [-0.15, -0.1) is 0 Å². The van der Waals surface area contributed by atoms with E-state index in [1.807, 2.05) is 54.6 Å². The molecule has 0 spiro atoms. The number of ether oxygens (including phenoxy) is 1. The molecule has 1 heterocycles. The van der Waals surface area contributed by atoms with Gasteiger partial charge in [0.05, 0.1) is 7.11 Å². The van der Waals surface area contributed by atoms with E-state index in [9.17, 15) is 4.79 Å². The summed E-state index contributed by atoms with van der Waals surface area (Å²) in [7, 11) is 1.65. The molecule has 0 bridgehead atoms. The molecule has 7 heteroatoms. The molecular weight excluding hydrogens is 356 g/mol. The number of amides is 1. The van der Waals surface area contributed by atoms with Crippen LogP contribution in [0, 0.1) is 0 Å². The van der Waals surface area contributed by atoms with Gasteiger partial charge in [-0.1, -0.05) is 35.5 Å². The van der Waals surface area contributed by atoms with Gasteiger partial charge >= 0.3 is 0 Å². The highest BCUT2D eigenvalue weighted by Crippen LogP contribution is 2.20. The van der Waals surface area contributed by atoms with Crippen LogP contribution in [-0.4, -0.2) is 56.5 Å². The Morgan fingerprint density at radius 1 is 1.04 bits per heavy atom. The zero-order valence-electron chi connectivity index (χ0n) is 16.1. The van der Waals surface area contributed by atoms with Gasteiger partial charge in [0.15, 0.2) is 6.61 Å². The van der Waals surface area contributed by atoms with Crippen molar-refractivity contribution in [3.63, 3.8) is 0 Å². The number of carbonyl (C=O) groups is 1. The Hall–Kier alpha value is -3.22. The van der Waals surface area contributed by atoms with Crippen molar-refractivity contribution in [2.24, 2.45) is 10.9 Å². The maximum Gasteiger partial charge on any atom is 0.263 e. The lowest BCUT2D eigenvalue weighted by Crippen LogP contribution is -2.49. The second-order valence-corrected chi connectivity index (χ2v) is 6.58. The largest absolute Gasteiger partial charge is 0.497 e. The number of carbonyl (C=O) groups excluding carboxylic acids is 1. The lowest BCUT2D eigenvalue weighted by Gasteiger charge is -2.35. The van der Waals surface area contributed by atoms with E-state index in [1.165, 1.54) is 0 Å². The minimum absolute atomic E-state index is 0.0781. The van der Waals surface area contributed by atoms with Crippen molar-refractivity contribution in [1.82, 2.24) is 4.90 Å². The van der Waals surface area contributed by atoms with Crippen LogP contribution in [0.4, 0.5) is 5.69 Å². The first-order valence-corrected chi connectivity index (χ1v) is 9.30. The van der Waals surface area contributed by atoms with E-state index in [-0.39, 0.29) is 12.5 Å². The van der Waals surface area contributed by atoms with Gasteiger partial charge < -0.3 is 25.1 Å². The molecule has 0 radical (unpaired) electrons. The Bertz CT molecular complexity index is 785. The highest BCUT2D eigenvalue weighted by molar-refractivity contribution is 5.82. The van der Waals surface area contributed by atoms with Crippen LogP contribution < -0.4 is 15.4 Å². The summed E-state index contributed by atoms with van der Waals surface area (Å²) in [6, 6.07) is 17.7. The molecule has 1 aliphatic heterocycles. The van der Waals surface area contributed by atoms with E-state index in [1.54, 1.807) is 12.0 Å². The molecule has 1 fully saturated rings. The SMILES string of the molecule is COc1ccc(N2CCN(C(=O)CO/N=C(/N)Cc3ccccc3)CC2)cc1. The summed E-state index contributed by atoms with van der Waals surface area (Å²) < 4.78 is 5.19. The molecule has 3 rings (SSSR count). The quantitative estimate of drug-likeness (QED) is 0.449. The molecule has 0 saturated carbocycles. The van der Waals surface area contributed by atoms with Crippen LogP contribution >= 0.6 is 0 Å². The molecule has 1 saturated heterocycles. The van der Waals surface area contributed by atoms with Gasteiger partial charge in [-0.3, -0.25) is 4.79 Å². The van der Waals surface area contributed by atoms with Crippen LogP contribution in [-0.2, 0) is 16.1 Å². The summed E-state index contributed by atoms with van der Waals surface area (Å²) in [4.78, 5) is 21.5. The van der Waals surface area contributed by atoms with Crippen molar-refractivity contribution >= 4 is 17.4 Å². The van der Waals surface area contributed by atoms with Gasteiger partial charge in [0.1, 0.15) is 11.6 Å². The first-order valence-electron chi connectivity index (χ1n) is 9.30. The van der Waals surface area contributed by atoms with E-state index in [0.29, 0.717) is 25.3 Å². The Kier molecular flexibility index (Phi) is 6.73. The van der Waals surface area contributed by atoms with Gasteiger partial charge in [0.2, 0.25) is 0 Å². The fourth-order valence-corrected chi connectivity index (χ4v) is 3.11. The molecule has 148 valence electrons. The molecule has 0 aliphatic carbocycles. The van der Waals surface area contributed by atoms with Crippen molar-refractivity contribution in [2.45, 2.75) is 6.42 Å². The van der Waals surface area contributed by atoms with Gasteiger partial charge in [0.25, 0.3) is 5.91 Å². The summed E-state index contributed by atoms with van der Waals surface area (Å²) in [6.07, 6.45) is 0.496. The number of nitrogens with two attached hydrogens (primary N) is 1. The van der Waals surface area contributed by atoms with Crippen LogP contribution in [0.25, 0.3) is 0 Å². The molecular formula is C21H26N4O3. The summed E-state index contributed by atoms with van der Waals surface area (Å²) in [5.41, 5.74) is 8.03. The molecule has 0 unspecified atom stereocenters. The van der Waals surface area contributed by atoms with E-state index >= 15 is 0 Å². The van der Waals surface area contributed by atoms with Crippen molar-refractivity contribution in [2.75, 3.05) is 44.8 Å². The van der Waals surface area contributed by atoms with E-state index in [4.69, 9.17) is 15.3 Å². The van der Waals surface area contributed by atoms with Crippen LogP contribution in [0.1, 0.15) is 5.56 Å².